The molecular formula is C18H20F3N3O4. The molecule has 3 rings (SSSR count). The summed E-state index contributed by atoms with van der Waals surface area (Å²) >= 11 is 0. The first-order valence-electron chi connectivity index (χ1n) is 8.76. The molecule has 0 saturated carbocycles. The van der Waals surface area contributed by atoms with Crippen LogP contribution in [-0.4, -0.2) is 52.4 Å². The van der Waals surface area contributed by atoms with Gasteiger partial charge in [0, 0.05) is 5.56 Å². The molecule has 1 N–H and O–H groups in total. The van der Waals surface area contributed by atoms with Crippen molar-refractivity contribution in [2.75, 3.05) is 20.2 Å². The number of aromatic nitrogens is 2. The van der Waals surface area contributed by atoms with E-state index in [2.05, 4.69) is 14.9 Å². The van der Waals surface area contributed by atoms with Gasteiger partial charge in [-0.25, -0.2) is 4.79 Å². The first kappa shape index (κ1) is 20.3. The summed E-state index contributed by atoms with van der Waals surface area (Å²) in [6.45, 7) is 1.56. The van der Waals surface area contributed by atoms with Crippen LogP contribution >= 0.6 is 0 Å². The minimum atomic E-state index is -4.44. The van der Waals surface area contributed by atoms with E-state index in [1.54, 1.807) is 0 Å². The predicted octanol–water partition coefficient (Wildman–Crippen LogP) is 2.50. The van der Waals surface area contributed by atoms with Crippen molar-refractivity contribution in [3.63, 3.8) is 0 Å². The smallest absolute Gasteiger partial charge is 0.416 e. The average molecular weight is 399 g/mol. The van der Waals surface area contributed by atoms with Crippen LogP contribution in [0.3, 0.4) is 0 Å². The number of aliphatic hydroxyl groups is 1. The molecule has 0 aliphatic carbocycles. The highest BCUT2D eigenvalue weighted by Gasteiger charge is 2.32. The Balaban J connectivity index is 1.60. The highest BCUT2D eigenvalue weighted by atomic mass is 19.4. The number of esters is 1. The molecule has 0 spiro atoms. The van der Waals surface area contributed by atoms with Crippen LogP contribution < -0.4 is 0 Å². The van der Waals surface area contributed by atoms with Crippen molar-refractivity contribution in [1.29, 1.82) is 0 Å². The van der Waals surface area contributed by atoms with Crippen LogP contribution in [0.2, 0.25) is 0 Å². The van der Waals surface area contributed by atoms with Crippen molar-refractivity contribution < 1.29 is 32.3 Å². The molecule has 0 bridgehead atoms. The second kappa shape index (κ2) is 8.27. The van der Waals surface area contributed by atoms with E-state index in [0.717, 1.165) is 12.1 Å². The third-order valence-electron chi connectivity index (χ3n) is 4.80. The maximum atomic E-state index is 12.8. The lowest BCUT2D eigenvalue weighted by Gasteiger charge is -2.32. The van der Waals surface area contributed by atoms with Crippen molar-refractivity contribution >= 4 is 5.97 Å². The Morgan fingerprint density at radius 3 is 2.75 bits per heavy atom. The number of carbonyl (C=O) groups excluding carboxylic acids is 1. The molecule has 7 nitrogen and oxygen atoms in total. The van der Waals surface area contributed by atoms with Crippen LogP contribution in [0.25, 0.3) is 11.4 Å². The molecule has 10 heteroatoms. The summed E-state index contributed by atoms with van der Waals surface area (Å²) in [6.07, 6.45) is -4.37. The molecule has 1 fully saturated rings. The minimum absolute atomic E-state index is 0.0945. The fourth-order valence-corrected chi connectivity index (χ4v) is 3.20. The largest absolute Gasteiger partial charge is 0.467 e. The van der Waals surface area contributed by atoms with Gasteiger partial charge in [-0.05, 0) is 44.0 Å². The Morgan fingerprint density at radius 2 is 2.11 bits per heavy atom. The lowest BCUT2D eigenvalue weighted by molar-refractivity contribution is -0.154. The second-order valence-corrected chi connectivity index (χ2v) is 6.67. The van der Waals surface area contributed by atoms with E-state index in [1.165, 1.54) is 19.2 Å². The van der Waals surface area contributed by atoms with Gasteiger partial charge in [0.1, 0.15) is 0 Å². The van der Waals surface area contributed by atoms with E-state index in [0.29, 0.717) is 38.4 Å². The average Bonchev–Trinajstić information content (AvgIpc) is 3.15. The molecule has 2 heterocycles. The van der Waals surface area contributed by atoms with Gasteiger partial charge in [-0.15, -0.1) is 0 Å². The van der Waals surface area contributed by atoms with Crippen molar-refractivity contribution in [2.24, 2.45) is 5.92 Å². The normalized spacial score (nSPS) is 17.5. The van der Waals surface area contributed by atoms with Gasteiger partial charge >= 0.3 is 12.1 Å². The molecule has 1 aliphatic heterocycles. The van der Waals surface area contributed by atoms with Crippen molar-refractivity contribution in [2.45, 2.75) is 31.7 Å². The molecule has 1 atom stereocenters. The van der Waals surface area contributed by atoms with Gasteiger partial charge in [-0.1, -0.05) is 17.3 Å². The van der Waals surface area contributed by atoms with E-state index in [4.69, 9.17) is 4.52 Å². The second-order valence-electron chi connectivity index (χ2n) is 6.67. The highest BCUT2D eigenvalue weighted by Crippen LogP contribution is 2.31. The number of carbonyl (C=O) groups is 1. The van der Waals surface area contributed by atoms with Gasteiger partial charge in [-0.2, -0.15) is 18.2 Å². The summed E-state index contributed by atoms with van der Waals surface area (Å²) in [6, 6.07) is 4.75. The van der Waals surface area contributed by atoms with E-state index in [-0.39, 0.29) is 17.3 Å². The van der Waals surface area contributed by atoms with E-state index in [1.807, 2.05) is 4.90 Å². The van der Waals surface area contributed by atoms with Gasteiger partial charge in [0.2, 0.25) is 11.7 Å². The summed E-state index contributed by atoms with van der Waals surface area (Å²) in [5, 5.41) is 13.7. The number of aliphatic hydroxyl groups excluding tert-OH is 1. The number of halogens is 3. The van der Waals surface area contributed by atoms with Gasteiger partial charge in [0.25, 0.3) is 0 Å². The number of nitrogens with zero attached hydrogens (tertiary/aromatic N) is 3. The van der Waals surface area contributed by atoms with Crippen LogP contribution in [0.5, 0.6) is 0 Å². The molecular weight excluding hydrogens is 379 g/mol. The number of likely N-dealkylation sites (tertiary alicyclic amines) is 1. The molecule has 0 amide bonds. The molecule has 0 radical (unpaired) electrons. The molecule has 1 aromatic heterocycles. The number of rotatable bonds is 5. The number of alkyl halides is 3. The molecule has 1 aromatic carbocycles. The Hall–Kier alpha value is -2.46. The molecule has 1 saturated heterocycles. The molecule has 2 aromatic rings. The van der Waals surface area contributed by atoms with Gasteiger partial charge in [-0.3, -0.25) is 4.90 Å². The number of piperidine rings is 1. The highest BCUT2D eigenvalue weighted by molar-refractivity contribution is 5.74. The van der Waals surface area contributed by atoms with Crippen LogP contribution in [0.15, 0.2) is 28.8 Å². The Bertz CT molecular complexity index is 816. The molecule has 28 heavy (non-hydrogen) atoms. The quantitative estimate of drug-likeness (QED) is 0.773. The fraction of sp³-hybridized carbons (Fsp3) is 0.500. The van der Waals surface area contributed by atoms with Gasteiger partial charge in [0.15, 0.2) is 6.10 Å². The number of hydrogen-bond acceptors (Lipinski definition) is 7. The summed E-state index contributed by atoms with van der Waals surface area (Å²) in [5.74, 6) is -0.426. The maximum Gasteiger partial charge on any atom is 0.416 e. The molecule has 0 unspecified atom stereocenters. The Kier molecular flexibility index (Phi) is 5.99. The lowest BCUT2D eigenvalue weighted by Crippen LogP contribution is -2.40. The summed E-state index contributed by atoms with van der Waals surface area (Å²) in [7, 11) is 1.23. The van der Waals surface area contributed by atoms with Crippen LogP contribution in [0.1, 0.15) is 24.3 Å². The van der Waals surface area contributed by atoms with E-state index in [9.17, 15) is 23.1 Å². The zero-order valence-electron chi connectivity index (χ0n) is 15.1. The number of ether oxygens (including phenoxy) is 1. The summed E-state index contributed by atoms with van der Waals surface area (Å²) < 4.78 is 48.2. The van der Waals surface area contributed by atoms with E-state index < -0.39 is 23.8 Å². The van der Waals surface area contributed by atoms with E-state index >= 15 is 0 Å². The predicted molar refractivity (Wildman–Crippen MR) is 90.8 cm³/mol. The maximum absolute atomic E-state index is 12.8. The number of benzene rings is 1. The number of hydrogen-bond donors (Lipinski definition) is 1. The lowest BCUT2D eigenvalue weighted by atomic mass is 9.91. The van der Waals surface area contributed by atoms with Crippen LogP contribution in [-0.2, 0) is 22.3 Å². The fourth-order valence-electron chi connectivity index (χ4n) is 3.20. The third kappa shape index (κ3) is 4.68. The zero-order chi connectivity index (χ0) is 20.3. The van der Waals surface area contributed by atoms with Crippen molar-refractivity contribution in [3.8, 4) is 11.4 Å². The third-order valence-corrected chi connectivity index (χ3v) is 4.80. The molecule has 1 aliphatic rings. The topological polar surface area (TPSA) is 88.7 Å². The molecule has 152 valence electrons. The van der Waals surface area contributed by atoms with Crippen molar-refractivity contribution in [3.05, 3.63) is 35.7 Å². The Morgan fingerprint density at radius 1 is 1.39 bits per heavy atom. The standard InChI is InChI=1S/C18H20F3N3O4/c1-27-17(26)15(25)11-5-7-24(8-6-11)10-14-22-16(23-28-14)12-3-2-4-13(9-12)18(19,20)21/h2-4,9,11,15,25H,5-8,10H2,1H3/t15-/m0/s1. The zero-order valence-corrected chi connectivity index (χ0v) is 15.1. The summed E-state index contributed by atoms with van der Waals surface area (Å²) in [5.41, 5.74) is -0.549. The van der Waals surface area contributed by atoms with Crippen molar-refractivity contribution in [1.82, 2.24) is 15.0 Å². The Labute approximate surface area is 159 Å². The van der Waals surface area contributed by atoms with Crippen LogP contribution in [0.4, 0.5) is 13.2 Å². The number of methoxy groups -OCH3 is 1. The monoisotopic (exact) mass is 399 g/mol. The van der Waals surface area contributed by atoms with Gasteiger partial charge in [0.05, 0.1) is 19.2 Å². The van der Waals surface area contributed by atoms with Gasteiger partial charge < -0.3 is 14.4 Å². The first-order chi connectivity index (χ1) is 13.3. The first-order valence-corrected chi connectivity index (χ1v) is 8.76. The summed E-state index contributed by atoms with van der Waals surface area (Å²) in [4.78, 5) is 17.6. The van der Waals surface area contributed by atoms with Crippen LogP contribution in [0, 0.1) is 5.92 Å². The minimum Gasteiger partial charge on any atom is -0.467 e. The SMILES string of the molecule is COC(=O)[C@@H](O)C1CCN(Cc2nc(-c3cccc(C(F)(F)F)c3)no2)CC1.